The molecule has 4 nitrogen and oxygen atoms in total. The predicted octanol–water partition coefficient (Wildman–Crippen LogP) is 4.84. The van der Waals surface area contributed by atoms with E-state index in [0.717, 1.165) is 23.6 Å². The van der Waals surface area contributed by atoms with Gasteiger partial charge in [-0.3, -0.25) is 4.40 Å². The zero-order valence-electron chi connectivity index (χ0n) is 14.3. The number of aromatic nitrogens is 3. The minimum absolute atomic E-state index is 0.128. The first kappa shape index (κ1) is 15.2. The highest BCUT2D eigenvalue weighted by Gasteiger charge is 2.27. The van der Waals surface area contributed by atoms with Gasteiger partial charge in [-0.15, -0.1) is 10.2 Å². The van der Waals surface area contributed by atoms with Gasteiger partial charge in [0.2, 0.25) is 0 Å². The van der Waals surface area contributed by atoms with Crippen LogP contribution in [-0.2, 0) is 0 Å². The molecule has 1 aliphatic carbocycles. The molecule has 1 aromatic carbocycles. The number of aryl methyl sites for hydroxylation is 1. The molecule has 2 heterocycles. The fourth-order valence-corrected chi connectivity index (χ4v) is 3.83. The first-order valence-electron chi connectivity index (χ1n) is 8.83. The van der Waals surface area contributed by atoms with Gasteiger partial charge in [-0.25, -0.2) is 0 Å². The molecule has 0 amide bonds. The molecular weight excluding hydrogens is 298 g/mol. The summed E-state index contributed by atoms with van der Waals surface area (Å²) >= 11 is 0. The van der Waals surface area contributed by atoms with Gasteiger partial charge in [0.25, 0.3) is 0 Å². The fraction of sp³-hybridized carbons (Fsp3) is 0.400. The molecule has 0 fully saturated rings. The predicted molar refractivity (Wildman–Crippen MR) is 94.4 cm³/mol. The van der Waals surface area contributed by atoms with Crippen LogP contribution in [0.4, 0.5) is 0 Å². The molecule has 1 aliphatic rings. The van der Waals surface area contributed by atoms with Crippen LogP contribution in [0.3, 0.4) is 0 Å². The maximum Gasteiger partial charge on any atom is 0.161 e. The molecule has 24 heavy (non-hydrogen) atoms. The lowest BCUT2D eigenvalue weighted by molar-refractivity contribution is 0.174. The highest BCUT2D eigenvalue weighted by Crippen LogP contribution is 2.41. The molecule has 0 N–H and O–H groups in total. The van der Waals surface area contributed by atoms with Crippen molar-refractivity contribution in [3.05, 3.63) is 59.5 Å². The van der Waals surface area contributed by atoms with Gasteiger partial charge in [0.05, 0.1) is 6.20 Å². The van der Waals surface area contributed by atoms with Crippen molar-refractivity contribution in [1.82, 2.24) is 14.6 Å². The van der Waals surface area contributed by atoms with Crippen LogP contribution in [0.5, 0.6) is 5.75 Å². The summed E-state index contributed by atoms with van der Waals surface area (Å²) < 4.78 is 8.34. The van der Waals surface area contributed by atoms with Crippen molar-refractivity contribution in [2.75, 3.05) is 0 Å². The van der Waals surface area contributed by atoms with E-state index in [9.17, 15) is 0 Å². The Morgan fingerprint density at radius 1 is 1.08 bits per heavy atom. The summed E-state index contributed by atoms with van der Waals surface area (Å²) in [6, 6.07) is 12.7. The lowest BCUT2D eigenvalue weighted by atomic mass is 9.79. The van der Waals surface area contributed by atoms with E-state index < -0.39 is 0 Å². The van der Waals surface area contributed by atoms with Crippen molar-refractivity contribution in [3.8, 4) is 5.75 Å². The van der Waals surface area contributed by atoms with E-state index in [1.807, 2.05) is 29.7 Å². The van der Waals surface area contributed by atoms with Crippen LogP contribution in [0.25, 0.3) is 5.65 Å². The van der Waals surface area contributed by atoms with Gasteiger partial charge in [0.1, 0.15) is 17.7 Å². The summed E-state index contributed by atoms with van der Waals surface area (Å²) in [7, 11) is 0. The minimum atomic E-state index is 0.128. The van der Waals surface area contributed by atoms with Crippen LogP contribution in [0.15, 0.2) is 42.6 Å². The summed E-state index contributed by atoms with van der Waals surface area (Å²) in [5.41, 5.74) is 3.67. The largest absolute Gasteiger partial charge is 0.484 e. The molecule has 2 aromatic heterocycles. The molecule has 0 aliphatic heterocycles. The summed E-state index contributed by atoms with van der Waals surface area (Å²) in [6.07, 6.45) is 6.88. The molecule has 3 aromatic rings. The Morgan fingerprint density at radius 3 is 2.75 bits per heavy atom. The fourth-order valence-electron chi connectivity index (χ4n) is 3.83. The molecule has 0 spiro atoms. The van der Waals surface area contributed by atoms with Gasteiger partial charge in [-0.2, -0.15) is 0 Å². The number of fused-ring (bicyclic) bond motifs is 2. The van der Waals surface area contributed by atoms with E-state index in [-0.39, 0.29) is 6.10 Å². The zero-order valence-corrected chi connectivity index (χ0v) is 14.3. The standard InChI is InChI=1S/C20H23N3O/c1-3-6-15-9-11-19(18-8-5-4-7-17(15)18)24-16-10-12-20-22-21-14(2)23(20)13-16/h4-5,7-8,10,12-13,15,19H,3,6,9,11H2,1-2H3. The van der Waals surface area contributed by atoms with E-state index in [2.05, 4.69) is 41.4 Å². The zero-order chi connectivity index (χ0) is 16.5. The van der Waals surface area contributed by atoms with Crippen LogP contribution >= 0.6 is 0 Å². The summed E-state index contributed by atoms with van der Waals surface area (Å²) in [5.74, 6) is 2.43. The first-order chi connectivity index (χ1) is 11.8. The smallest absolute Gasteiger partial charge is 0.161 e. The summed E-state index contributed by atoms with van der Waals surface area (Å²) in [6.45, 7) is 4.22. The SMILES string of the molecule is CCCC1CCC(Oc2ccc3nnc(C)n3c2)c2ccccc21. The Hall–Kier alpha value is -2.36. The molecule has 0 bridgehead atoms. The number of pyridine rings is 1. The molecular formula is C20H23N3O. The second-order valence-corrected chi connectivity index (χ2v) is 6.64. The maximum absolute atomic E-state index is 6.36. The van der Waals surface area contributed by atoms with Gasteiger partial charge in [0, 0.05) is 0 Å². The highest BCUT2D eigenvalue weighted by molar-refractivity contribution is 5.42. The third-order valence-corrected chi connectivity index (χ3v) is 5.02. The van der Waals surface area contributed by atoms with Gasteiger partial charge in [-0.1, -0.05) is 37.6 Å². The first-order valence-corrected chi connectivity index (χ1v) is 8.83. The lowest BCUT2D eigenvalue weighted by Crippen LogP contribution is -2.18. The van der Waals surface area contributed by atoms with Crippen LogP contribution in [-0.4, -0.2) is 14.6 Å². The highest BCUT2D eigenvalue weighted by atomic mass is 16.5. The van der Waals surface area contributed by atoms with E-state index in [0.29, 0.717) is 5.92 Å². The van der Waals surface area contributed by atoms with Crippen molar-refractivity contribution in [2.45, 2.75) is 51.6 Å². The topological polar surface area (TPSA) is 39.4 Å². The Morgan fingerprint density at radius 2 is 1.92 bits per heavy atom. The average Bonchev–Trinajstić information content (AvgIpc) is 2.98. The number of hydrogen-bond acceptors (Lipinski definition) is 3. The molecule has 0 saturated carbocycles. The minimum Gasteiger partial charge on any atom is -0.484 e. The molecule has 0 radical (unpaired) electrons. The lowest BCUT2D eigenvalue weighted by Gasteiger charge is -2.31. The van der Waals surface area contributed by atoms with Crippen LogP contribution in [0, 0.1) is 6.92 Å². The molecule has 4 rings (SSSR count). The van der Waals surface area contributed by atoms with Crippen LogP contribution in [0.1, 0.15) is 61.6 Å². The Kier molecular flexibility index (Phi) is 3.97. The number of ether oxygens (including phenoxy) is 1. The number of hydrogen-bond donors (Lipinski definition) is 0. The Labute approximate surface area is 142 Å². The van der Waals surface area contributed by atoms with Gasteiger partial charge >= 0.3 is 0 Å². The van der Waals surface area contributed by atoms with E-state index >= 15 is 0 Å². The van der Waals surface area contributed by atoms with Crippen molar-refractivity contribution in [2.24, 2.45) is 0 Å². The van der Waals surface area contributed by atoms with Crippen molar-refractivity contribution < 1.29 is 4.74 Å². The molecule has 4 heteroatoms. The molecule has 0 saturated heterocycles. The van der Waals surface area contributed by atoms with Crippen LogP contribution < -0.4 is 4.74 Å². The number of benzene rings is 1. The van der Waals surface area contributed by atoms with Crippen LogP contribution in [0.2, 0.25) is 0 Å². The Bertz CT molecular complexity index is 855. The van der Waals surface area contributed by atoms with E-state index in [4.69, 9.17) is 4.74 Å². The van der Waals surface area contributed by atoms with Gasteiger partial charge in [0.15, 0.2) is 5.65 Å². The molecule has 124 valence electrons. The van der Waals surface area contributed by atoms with Crippen molar-refractivity contribution in [1.29, 1.82) is 0 Å². The maximum atomic E-state index is 6.36. The second kappa shape index (κ2) is 6.27. The third-order valence-electron chi connectivity index (χ3n) is 5.02. The molecule has 2 unspecified atom stereocenters. The third kappa shape index (κ3) is 2.66. The Balaban J connectivity index is 1.64. The van der Waals surface area contributed by atoms with Gasteiger partial charge in [-0.05, 0) is 55.4 Å². The quantitative estimate of drug-likeness (QED) is 0.690. The van der Waals surface area contributed by atoms with Crippen molar-refractivity contribution >= 4 is 5.65 Å². The summed E-state index contributed by atoms with van der Waals surface area (Å²) in [5, 5.41) is 8.24. The second-order valence-electron chi connectivity index (χ2n) is 6.64. The number of nitrogens with zero attached hydrogens (tertiary/aromatic N) is 3. The van der Waals surface area contributed by atoms with Gasteiger partial charge < -0.3 is 4.74 Å². The van der Waals surface area contributed by atoms with Crippen molar-refractivity contribution in [3.63, 3.8) is 0 Å². The normalized spacial score (nSPS) is 20.1. The van der Waals surface area contributed by atoms with E-state index in [1.54, 1.807) is 0 Å². The monoisotopic (exact) mass is 321 g/mol. The average molecular weight is 321 g/mol. The summed E-state index contributed by atoms with van der Waals surface area (Å²) in [4.78, 5) is 0. The number of rotatable bonds is 4. The van der Waals surface area contributed by atoms with E-state index in [1.165, 1.54) is 30.4 Å². The molecule has 2 atom stereocenters.